The third-order valence-electron chi connectivity index (χ3n) is 2.56. The summed E-state index contributed by atoms with van der Waals surface area (Å²) < 4.78 is 28.0. The van der Waals surface area contributed by atoms with E-state index in [2.05, 4.69) is 27.3 Å². The Kier molecular flexibility index (Phi) is 4.37. The van der Waals surface area contributed by atoms with E-state index in [1.54, 1.807) is 18.2 Å². The monoisotopic (exact) mass is 407 g/mol. The number of hydrogen-bond donors (Lipinski definition) is 1. The van der Waals surface area contributed by atoms with Crippen molar-refractivity contribution in [3.05, 3.63) is 56.6 Å². The molecule has 0 bridgehead atoms. The molecule has 3 nitrogen and oxygen atoms in total. The van der Waals surface area contributed by atoms with E-state index in [1.807, 2.05) is 19.1 Å². The minimum Gasteiger partial charge on any atom is -0.279 e. The number of nitrogens with one attached hydrogen (secondary N) is 1. The SMILES string of the molecule is Cc1cc(I)ccc1NS(=O)(=O)c1ccc(Cl)cc1. The lowest BCUT2D eigenvalue weighted by molar-refractivity contribution is 0.601. The Morgan fingerprint density at radius 2 is 1.74 bits per heavy atom. The van der Waals surface area contributed by atoms with Gasteiger partial charge < -0.3 is 0 Å². The molecule has 0 aliphatic carbocycles. The fourth-order valence-electron chi connectivity index (χ4n) is 1.56. The van der Waals surface area contributed by atoms with E-state index in [-0.39, 0.29) is 4.90 Å². The predicted octanol–water partition coefficient (Wildman–Crippen LogP) is 4.05. The third-order valence-corrected chi connectivity index (χ3v) is 4.86. The Hall–Kier alpha value is -0.790. The van der Waals surface area contributed by atoms with Crippen molar-refractivity contribution in [3.63, 3.8) is 0 Å². The van der Waals surface area contributed by atoms with Crippen LogP contribution in [0.15, 0.2) is 47.4 Å². The average molecular weight is 408 g/mol. The largest absolute Gasteiger partial charge is 0.279 e. The van der Waals surface area contributed by atoms with E-state index in [1.165, 1.54) is 12.1 Å². The molecule has 2 aromatic carbocycles. The van der Waals surface area contributed by atoms with Gasteiger partial charge >= 0.3 is 0 Å². The Morgan fingerprint density at radius 1 is 1.11 bits per heavy atom. The lowest BCUT2D eigenvalue weighted by Gasteiger charge is -2.10. The highest BCUT2D eigenvalue weighted by Gasteiger charge is 2.14. The molecule has 0 saturated heterocycles. The molecular formula is C13H11ClINO2S. The zero-order valence-electron chi connectivity index (χ0n) is 10.0. The zero-order valence-corrected chi connectivity index (χ0v) is 13.8. The first-order chi connectivity index (χ1) is 8.88. The van der Waals surface area contributed by atoms with E-state index in [0.717, 1.165) is 9.13 Å². The maximum Gasteiger partial charge on any atom is 0.261 e. The number of sulfonamides is 1. The fraction of sp³-hybridized carbons (Fsp3) is 0.0769. The minimum absolute atomic E-state index is 0.190. The van der Waals surface area contributed by atoms with Gasteiger partial charge in [0.1, 0.15) is 0 Å². The van der Waals surface area contributed by atoms with Gasteiger partial charge in [-0.2, -0.15) is 0 Å². The molecule has 0 heterocycles. The topological polar surface area (TPSA) is 46.2 Å². The highest BCUT2D eigenvalue weighted by atomic mass is 127. The molecule has 0 unspecified atom stereocenters. The molecule has 2 aromatic rings. The molecule has 1 N–H and O–H groups in total. The Morgan fingerprint density at radius 3 is 2.32 bits per heavy atom. The third kappa shape index (κ3) is 3.61. The molecule has 0 aromatic heterocycles. The molecule has 0 aliphatic rings. The summed E-state index contributed by atoms with van der Waals surface area (Å²) in [7, 11) is -3.58. The summed E-state index contributed by atoms with van der Waals surface area (Å²) in [5.74, 6) is 0. The summed E-state index contributed by atoms with van der Waals surface area (Å²) in [5.41, 5.74) is 1.46. The van der Waals surface area contributed by atoms with Crippen molar-refractivity contribution in [1.82, 2.24) is 0 Å². The van der Waals surface area contributed by atoms with Crippen LogP contribution in [0.25, 0.3) is 0 Å². The first-order valence-electron chi connectivity index (χ1n) is 5.43. The summed E-state index contributed by atoms with van der Waals surface area (Å²) in [4.78, 5) is 0.190. The number of anilines is 1. The van der Waals surface area contributed by atoms with Gasteiger partial charge in [-0.05, 0) is 77.5 Å². The van der Waals surface area contributed by atoms with Crippen molar-refractivity contribution >= 4 is 49.9 Å². The van der Waals surface area contributed by atoms with E-state index < -0.39 is 10.0 Å². The normalized spacial score (nSPS) is 11.3. The second kappa shape index (κ2) is 5.68. The van der Waals surface area contributed by atoms with Crippen LogP contribution in [-0.4, -0.2) is 8.42 Å². The lowest BCUT2D eigenvalue weighted by atomic mass is 10.2. The predicted molar refractivity (Wildman–Crippen MR) is 86.2 cm³/mol. The molecular weight excluding hydrogens is 397 g/mol. The maximum atomic E-state index is 12.2. The number of aryl methyl sites for hydroxylation is 1. The van der Waals surface area contributed by atoms with Gasteiger partial charge in [0.25, 0.3) is 10.0 Å². The molecule has 0 aliphatic heterocycles. The average Bonchev–Trinajstić information content (AvgIpc) is 2.33. The Balaban J connectivity index is 2.33. The first-order valence-corrected chi connectivity index (χ1v) is 8.37. The molecule has 19 heavy (non-hydrogen) atoms. The van der Waals surface area contributed by atoms with E-state index in [4.69, 9.17) is 11.6 Å². The van der Waals surface area contributed by atoms with Crippen LogP contribution in [0.3, 0.4) is 0 Å². The molecule has 6 heteroatoms. The standard InChI is InChI=1S/C13H11ClINO2S/c1-9-8-11(15)4-7-13(9)16-19(17,18)12-5-2-10(14)3-6-12/h2-8,16H,1H3. The number of halogens is 2. The molecule has 0 spiro atoms. The van der Waals surface area contributed by atoms with Crippen molar-refractivity contribution in [1.29, 1.82) is 0 Å². The molecule has 0 fully saturated rings. The van der Waals surface area contributed by atoms with Gasteiger partial charge in [0.2, 0.25) is 0 Å². The summed E-state index contributed by atoms with van der Waals surface area (Å²) in [6.07, 6.45) is 0. The molecule has 100 valence electrons. The van der Waals surface area contributed by atoms with Crippen LogP contribution in [0.5, 0.6) is 0 Å². The lowest BCUT2D eigenvalue weighted by Crippen LogP contribution is -2.13. The summed E-state index contributed by atoms with van der Waals surface area (Å²) in [6.45, 7) is 1.86. The van der Waals surface area contributed by atoms with Crippen LogP contribution in [0.4, 0.5) is 5.69 Å². The molecule has 0 atom stereocenters. The van der Waals surface area contributed by atoms with Crippen LogP contribution in [0, 0.1) is 10.5 Å². The number of hydrogen-bond acceptors (Lipinski definition) is 2. The van der Waals surface area contributed by atoms with Crippen LogP contribution < -0.4 is 4.72 Å². The molecule has 0 radical (unpaired) electrons. The van der Waals surface area contributed by atoms with E-state index in [0.29, 0.717) is 10.7 Å². The van der Waals surface area contributed by atoms with Crippen LogP contribution >= 0.6 is 34.2 Å². The molecule has 2 rings (SSSR count). The quantitative estimate of drug-likeness (QED) is 0.780. The smallest absolute Gasteiger partial charge is 0.261 e. The number of benzene rings is 2. The second-order valence-electron chi connectivity index (χ2n) is 4.02. The van der Waals surface area contributed by atoms with Crippen LogP contribution in [0.1, 0.15) is 5.56 Å². The van der Waals surface area contributed by atoms with Gasteiger partial charge in [0.05, 0.1) is 10.6 Å². The zero-order chi connectivity index (χ0) is 14.0. The van der Waals surface area contributed by atoms with E-state index >= 15 is 0 Å². The first kappa shape index (κ1) is 14.6. The minimum atomic E-state index is -3.58. The van der Waals surface area contributed by atoms with Gasteiger partial charge in [-0.25, -0.2) is 8.42 Å². The van der Waals surface area contributed by atoms with Gasteiger partial charge in [-0.3, -0.25) is 4.72 Å². The van der Waals surface area contributed by atoms with E-state index in [9.17, 15) is 8.42 Å². The van der Waals surface area contributed by atoms with Gasteiger partial charge in [0.15, 0.2) is 0 Å². The number of rotatable bonds is 3. The summed E-state index contributed by atoms with van der Waals surface area (Å²) in [5, 5.41) is 0.504. The molecule has 0 saturated carbocycles. The van der Waals surface area contributed by atoms with Gasteiger partial charge in [-0.1, -0.05) is 11.6 Å². The van der Waals surface area contributed by atoms with Crippen molar-refractivity contribution in [2.24, 2.45) is 0 Å². The van der Waals surface area contributed by atoms with Crippen LogP contribution in [0.2, 0.25) is 5.02 Å². The second-order valence-corrected chi connectivity index (χ2v) is 7.38. The van der Waals surface area contributed by atoms with Crippen molar-refractivity contribution in [2.45, 2.75) is 11.8 Å². The fourth-order valence-corrected chi connectivity index (χ4v) is 3.46. The summed E-state index contributed by atoms with van der Waals surface area (Å²) in [6, 6.07) is 11.6. The highest BCUT2D eigenvalue weighted by molar-refractivity contribution is 14.1. The highest BCUT2D eigenvalue weighted by Crippen LogP contribution is 2.22. The van der Waals surface area contributed by atoms with Gasteiger partial charge in [-0.15, -0.1) is 0 Å². The van der Waals surface area contributed by atoms with Gasteiger partial charge in [0, 0.05) is 8.59 Å². The van der Waals surface area contributed by atoms with Crippen LogP contribution in [-0.2, 0) is 10.0 Å². The van der Waals surface area contributed by atoms with Crippen molar-refractivity contribution in [3.8, 4) is 0 Å². The van der Waals surface area contributed by atoms with Crippen molar-refractivity contribution < 1.29 is 8.42 Å². The summed E-state index contributed by atoms with van der Waals surface area (Å²) >= 11 is 7.93. The molecule has 0 amide bonds. The maximum absolute atomic E-state index is 12.2. The Labute approximate surface area is 131 Å². The Bertz CT molecular complexity index is 699. The van der Waals surface area contributed by atoms with Crippen molar-refractivity contribution in [2.75, 3.05) is 4.72 Å².